The lowest BCUT2D eigenvalue weighted by atomic mass is 10.3. The third-order valence-corrected chi connectivity index (χ3v) is 3.12. The Kier molecular flexibility index (Phi) is 3.33. The quantitative estimate of drug-likeness (QED) is 0.644. The molecule has 0 unspecified atom stereocenters. The zero-order valence-corrected chi connectivity index (χ0v) is 11.3. The normalized spacial score (nSPS) is 10.4. The van der Waals surface area contributed by atoms with Crippen LogP contribution >= 0.6 is 15.9 Å². The van der Waals surface area contributed by atoms with Crippen molar-refractivity contribution >= 4 is 21.7 Å². The second-order valence-electron chi connectivity index (χ2n) is 3.64. The molecule has 0 spiro atoms. The summed E-state index contributed by atoms with van der Waals surface area (Å²) in [5, 5.41) is 10.9. The predicted molar refractivity (Wildman–Crippen MR) is 68.8 cm³/mol. The van der Waals surface area contributed by atoms with Crippen molar-refractivity contribution in [2.75, 3.05) is 0 Å². The molecule has 2 rings (SSSR count). The summed E-state index contributed by atoms with van der Waals surface area (Å²) < 4.78 is 7.82. The molecule has 2 aromatic rings. The Morgan fingerprint density at radius 1 is 1.44 bits per heavy atom. The first-order valence-electron chi connectivity index (χ1n) is 5.10. The van der Waals surface area contributed by atoms with Gasteiger partial charge in [-0.3, -0.25) is 4.57 Å². The van der Waals surface area contributed by atoms with Gasteiger partial charge in [0.05, 0.1) is 4.47 Å². The van der Waals surface area contributed by atoms with Crippen LogP contribution < -0.4 is 4.74 Å². The number of ether oxygens (including phenoxy) is 1. The van der Waals surface area contributed by atoms with Gasteiger partial charge in [0, 0.05) is 14.0 Å². The predicted octanol–water partition coefficient (Wildman–Crippen LogP) is 3.19. The number of para-hydroxylation sites is 1. The molecule has 0 saturated heterocycles. The van der Waals surface area contributed by atoms with Crippen molar-refractivity contribution < 1.29 is 9.66 Å². The van der Waals surface area contributed by atoms with Gasteiger partial charge >= 0.3 is 11.7 Å². The van der Waals surface area contributed by atoms with E-state index in [1.165, 1.54) is 4.57 Å². The summed E-state index contributed by atoms with van der Waals surface area (Å²) in [5.41, 5.74) is 0. The van der Waals surface area contributed by atoms with Crippen LogP contribution in [0.5, 0.6) is 11.6 Å². The fraction of sp³-hybridized carbons (Fsp3) is 0.182. The molecule has 0 amide bonds. The Labute approximate surface area is 111 Å². The van der Waals surface area contributed by atoms with Gasteiger partial charge in [-0.15, -0.1) is 0 Å². The molecule has 6 nitrogen and oxygen atoms in total. The van der Waals surface area contributed by atoms with Crippen LogP contribution in [-0.4, -0.2) is 14.5 Å². The molecule has 7 heteroatoms. The van der Waals surface area contributed by atoms with Crippen LogP contribution in [0.15, 0.2) is 28.7 Å². The highest BCUT2D eigenvalue weighted by Crippen LogP contribution is 2.34. The van der Waals surface area contributed by atoms with E-state index in [0.29, 0.717) is 11.6 Å². The zero-order chi connectivity index (χ0) is 13.3. The monoisotopic (exact) mass is 311 g/mol. The number of rotatable bonds is 3. The lowest BCUT2D eigenvalue weighted by molar-refractivity contribution is -0.390. The highest BCUT2D eigenvalue weighted by molar-refractivity contribution is 9.10. The van der Waals surface area contributed by atoms with Gasteiger partial charge in [0.15, 0.2) is 0 Å². The molecule has 1 aromatic carbocycles. The van der Waals surface area contributed by atoms with Gasteiger partial charge in [-0.1, -0.05) is 12.1 Å². The van der Waals surface area contributed by atoms with Gasteiger partial charge in [0.2, 0.25) is 5.82 Å². The van der Waals surface area contributed by atoms with Crippen LogP contribution in [0, 0.1) is 17.0 Å². The third kappa shape index (κ3) is 2.21. The molecule has 94 valence electrons. The van der Waals surface area contributed by atoms with Gasteiger partial charge < -0.3 is 14.9 Å². The maximum Gasteiger partial charge on any atom is 0.427 e. The van der Waals surface area contributed by atoms with Crippen LogP contribution in [0.3, 0.4) is 0 Å². The number of halogens is 1. The Hall–Kier alpha value is -1.89. The van der Waals surface area contributed by atoms with E-state index in [4.69, 9.17) is 4.74 Å². The number of hydrogen-bond donors (Lipinski definition) is 0. The van der Waals surface area contributed by atoms with Crippen molar-refractivity contribution in [2.45, 2.75) is 6.92 Å². The Bertz CT molecular complexity index is 610. The number of imidazole rings is 1. The summed E-state index contributed by atoms with van der Waals surface area (Å²) in [4.78, 5) is 14.2. The zero-order valence-electron chi connectivity index (χ0n) is 9.75. The van der Waals surface area contributed by atoms with E-state index in [1.54, 1.807) is 32.2 Å². The van der Waals surface area contributed by atoms with E-state index in [2.05, 4.69) is 20.9 Å². The molecule has 0 aliphatic rings. The summed E-state index contributed by atoms with van der Waals surface area (Å²) in [7, 11) is 1.67. The molecule has 1 aromatic heterocycles. The first-order chi connectivity index (χ1) is 8.50. The minimum atomic E-state index is -0.556. The maximum absolute atomic E-state index is 10.9. The number of aryl methyl sites for hydroxylation is 1. The van der Waals surface area contributed by atoms with Gasteiger partial charge in [0.1, 0.15) is 5.75 Å². The Morgan fingerprint density at radius 3 is 2.72 bits per heavy atom. The first kappa shape index (κ1) is 12.6. The molecule has 0 atom stereocenters. The van der Waals surface area contributed by atoms with E-state index in [-0.39, 0.29) is 11.7 Å². The number of hydrogen-bond acceptors (Lipinski definition) is 4. The number of nitro groups is 1. The smallest absolute Gasteiger partial charge is 0.427 e. The number of aromatic nitrogens is 2. The van der Waals surface area contributed by atoms with E-state index in [9.17, 15) is 10.1 Å². The summed E-state index contributed by atoms with van der Waals surface area (Å²) in [5.74, 6) is 0.850. The van der Waals surface area contributed by atoms with Gasteiger partial charge in [-0.2, -0.15) is 0 Å². The Morgan fingerprint density at radius 2 is 2.11 bits per heavy atom. The maximum atomic E-state index is 10.9. The van der Waals surface area contributed by atoms with Crippen molar-refractivity contribution in [1.29, 1.82) is 0 Å². The molecular weight excluding hydrogens is 302 g/mol. The average Bonchev–Trinajstić information content (AvgIpc) is 2.60. The van der Waals surface area contributed by atoms with Crippen LogP contribution in [-0.2, 0) is 7.05 Å². The summed E-state index contributed by atoms with van der Waals surface area (Å²) in [6.45, 7) is 1.68. The van der Waals surface area contributed by atoms with E-state index < -0.39 is 4.92 Å². The largest absolute Gasteiger partial charge is 0.432 e. The molecule has 0 aliphatic heterocycles. The molecule has 0 saturated carbocycles. The van der Waals surface area contributed by atoms with E-state index in [0.717, 1.165) is 4.47 Å². The highest BCUT2D eigenvalue weighted by atomic mass is 79.9. The topological polar surface area (TPSA) is 70.2 Å². The second-order valence-corrected chi connectivity index (χ2v) is 4.49. The first-order valence-corrected chi connectivity index (χ1v) is 5.90. The molecule has 0 aliphatic carbocycles. The average molecular weight is 312 g/mol. The fourth-order valence-electron chi connectivity index (χ4n) is 1.44. The number of nitrogens with zero attached hydrogens (tertiary/aromatic N) is 3. The summed E-state index contributed by atoms with van der Waals surface area (Å²) in [6, 6.07) is 7.13. The molecule has 18 heavy (non-hydrogen) atoms. The number of benzene rings is 1. The third-order valence-electron chi connectivity index (χ3n) is 2.47. The molecule has 0 bridgehead atoms. The molecule has 1 heterocycles. The van der Waals surface area contributed by atoms with Crippen LogP contribution in [0.4, 0.5) is 5.82 Å². The fourth-order valence-corrected chi connectivity index (χ4v) is 1.80. The molecular formula is C11H10BrN3O3. The van der Waals surface area contributed by atoms with Crippen molar-refractivity contribution in [2.24, 2.45) is 7.05 Å². The van der Waals surface area contributed by atoms with Crippen LogP contribution in [0.1, 0.15) is 5.82 Å². The summed E-state index contributed by atoms with van der Waals surface area (Å²) in [6.07, 6.45) is 0. The van der Waals surface area contributed by atoms with Gasteiger partial charge in [-0.25, -0.2) is 0 Å². The van der Waals surface area contributed by atoms with Crippen molar-refractivity contribution in [3.63, 3.8) is 0 Å². The lowest BCUT2D eigenvalue weighted by Crippen LogP contribution is -1.98. The summed E-state index contributed by atoms with van der Waals surface area (Å²) >= 11 is 3.32. The highest BCUT2D eigenvalue weighted by Gasteiger charge is 2.26. The van der Waals surface area contributed by atoms with Gasteiger partial charge in [-0.05, 0) is 38.0 Å². The van der Waals surface area contributed by atoms with Crippen molar-refractivity contribution in [1.82, 2.24) is 9.55 Å². The van der Waals surface area contributed by atoms with E-state index in [1.807, 2.05) is 6.07 Å². The second kappa shape index (κ2) is 4.77. The molecule has 0 N–H and O–H groups in total. The Balaban J connectivity index is 2.46. The minimum absolute atomic E-state index is 0.115. The van der Waals surface area contributed by atoms with Crippen LogP contribution in [0.25, 0.3) is 0 Å². The van der Waals surface area contributed by atoms with Crippen molar-refractivity contribution in [3.05, 3.63) is 44.7 Å². The minimum Gasteiger partial charge on any atom is -0.432 e. The van der Waals surface area contributed by atoms with Crippen LogP contribution in [0.2, 0.25) is 0 Å². The lowest BCUT2D eigenvalue weighted by Gasteiger charge is -2.07. The van der Waals surface area contributed by atoms with E-state index >= 15 is 0 Å². The molecule has 0 radical (unpaired) electrons. The van der Waals surface area contributed by atoms with Gasteiger partial charge in [0.25, 0.3) is 0 Å². The van der Waals surface area contributed by atoms with Crippen molar-refractivity contribution in [3.8, 4) is 11.6 Å². The molecule has 0 fully saturated rings. The standard InChI is InChI=1S/C11H10BrN3O3/c1-7-13-10(15(16)17)11(14(7)2)18-9-6-4-3-5-8(9)12/h3-6H,1-2H3. The SMILES string of the molecule is Cc1nc([N+](=O)[O-])c(Oc2ccccc2Br)n1C.